The maximum Gasteiger partial charge on any atom is 0.150 e. The molecule has 0 aliphatic carbocycles. The summed E-state index contributed by atoms with van der Waals surface area (Å²) in [6, 6.07) is 8.15. The van der Waals surface area contributed by atoms with Gasteiger partial charge in [-0.05, 0) is 55.6 Å². The third-order valence-corrected chi connectivity index (χ3v) is 3.44. The molecule has 0 aliphatic rings. The van der Waals surface area contributed by atoms with Crippen molar-refractivity contribution < 1.29 is 4.74 Å². The maximum absolute atomic E-state index is 6.00. The summed E-state index contributed by atoms with van der Waals surface area (Å²) in [6.07, 6.45) is 3.58. The summed E-state index contributed by atoms with van der Waals surface area (Å²) in [5.74, 6) is 2.31. The number of nitrogens with one attached hydrogen (secondary N) is 1. The predicted molar refractivity (Wildman–Crippen MR) is 86.8 cm³/mol. The van der Waals surface area contributed by atoms with E-state index in [0.717, 1.165) is 30.2 Å². The number of aryl methyl sites for hydroxylation is 2. The Kier molecular flexibility index (Phi) is 5.34. The van der Waals surface area contributed by atoms with Crippen LogP contribution in [0.5, 0.6) is 11.5 Å². The SMILES string of the molecule is Cc1ccc(Oc2cnccc2CNCC(C)C)cc1C. The molecule has 0 saturated heterocycles. The van der Waals surface area contributed by atoms with Gasteiger partial charge in [-0.3, -0.25) is 4.98 Å². The van der Waals surface area contributed by atoms with E-state index in [1.165, 1.54) is 11.1 Å². The second-order valence-electron chi connectivity index (χ2n) is 5.86. The lowest BCUT2D eigenvalue weighted by Crippen LogP contribution is -2.19. The van der Waals surface area contributed by atoms with E-state index in [0.29, 0.717) is 5.92 Å². The van der Waals surface area contributed by atoms with Crippen LogP contribution in [0.4, 0.5) is 0 Å². The average Bonchev–Trinajstić information content (AvgIpc) is 2.44. The Morgan fingerprint density at radius 2 is 1.95 bits per heavy atom. The third-order valence-electron chi connectivity index (χ3n) is 3.44. The highest BCUT2D eigenvalue weighted by molar-refractivity contribution is 5.39. The topological polar surface area (TPSA) is 34.1 Å². The molecule has 1 aromatic heterocycles. The summed E-state index contributed by atoms with van der Waals surface area (Å²) in [4.78, 5) is 4.17. The number of aromatic nitrogens is 1. The zero-order chi connectivity index (χ0) is 15.2. The molecule has 112 valence electrons. The molecule has 0 radical (unpaired) electrons. The zero-order valence-electron chi connectivity index (χ0n) is 13.3. The van der Waals surface area contributed by atoms with Crippen molar-refractivity contribution in [1.29, 1.82) is 0 Å². The second-order valence-corrected chi connectivity index (χ2v) is 5.86. The molecule has 21 heavy (non-hydrogen) atoms. The van der Waals surface area contributed by atoms with Crippen molar-refractivity contribution >= 4 is 0 Å². The van der Waals surface area contributed by atoms with Crippen LogP contribution in [-0.2, 0) is 6.54 Å². The lowest BCUT2D eigenvalue weighted by Gasteiger charge is -2.13. The third kappa shape index (κ3) is 4.57. The van der Waals surface area contributed by atoms with Gasteiger partial charge in [0.2, 0.25) is 0 Å². The van der Waals surface area contributed by atoms with Gasteiger partial charge in [0.15, 0.2) is 0 Å². The number of benzene rings is 1. The fraction of sp³-hybridized carbons (Fsp3) is 0.389. The van der Waals surface area contributed by atoms with Gasteiger partial charge in [0, 0.05) is 18.3 Å². The van der Waals surface area contributed by atoms with Crippen molar-refractivity contribution in [3.63, 3.8) is 0 Å². The molecule has 0 fully saturated rings. The van der Waals surface area contributed by atoms with E-state index in [4.69, 9.17) is 4.74 Å². The minimum Gasteiger partial charge on any atom is -0.455 e. The molecule has 3 heteroatoms. The number of hydrogen-bond donors (Lipinski definition) is 1. The van der Waals surface area contributed by atoms with Crippen molar-refractivity contribution in [2.24, 2.45) is 5.92 Å². The molecule has 0 amide bonds. The van der Waals surface area contributed by atoms with Crippen molar-refractivity contribution in [3.8, 4) is 11.5 Å². The van der Waals surface area contributed by atoms with E-state index >= 15 is 0 Å². The molecule has 0 spiro atoms. The van der Waals surface area contributed by atoms with Gasteiger partial charge in [-0.15, -0.1) is 0 Å². The summed E-state index contributed by atoms with van der Waals surface area (Å²) >= 11 is 0. The first-order chi connectivity index (χ1) is 10.1. The molecular formula is C18H24N2O. The molecule has 2 aromatic rings. The summed E-state index contributed by atoms with van der Waals surface area (Å²) in [5.41, 5.74) is 3.63. The molecule has 3 nitrogen and oxygen atoms in total. The highest BCUT2D eigenvalue weighted by atomic mass is 16.5. The highest BCUT2D eigenvalue weighted by Crippen LogP contribution is 2.26. The standard InChI is InChI=1S/C18H24N2O/c1-13(2)10-20-11-16-7-8-19-12-18(16)21-17-6-5-14(3)15(4)9-17/h5-9,12-13,20H,10-11H2,1-4H3. The van der Waals surface area contributed by atoms with Crippen molar-refractivity contribution in [1.82, 2.24) is 10.3 Å². The van der Waals surface area contributed by atoms with Crippen molar-refractivity contribution in [3.05, 3.63) is 53.3 Å². The minimum atomic E-state index is 0.635. The molecule has 0 bridgehead atoms. The minimum absolute atomic E-state index is 0.635. The van der Waals surface area contributed by atoms with Crippen LogP contribution < -0.4 is 10.1 Å². The monoisotopic (exact) mass is 284 g/mol. The number of pyridine rings is 1. The first-order valence-corrected chi connectivity index (χ1v) is 7.45. The molecule has 1 aromatic carbocycles. The summed E-state index contributed by atoms with van der Waals surface area (Å²) < 4.78 is 6.00. The Morgan fingerprint density at radius 1 is 1.14 bits per heavy atom. The highest BCUT2D eigenvalue weighted by Gasteiger charge is 2.06. The Balaban J connectivity index is 2.10. The van der Waals surface area contributed by atoms with E-state index in [1.54, 1.807) is 12.4 Å². The van der Waals surface area contributed by atoms with Crippen LogP contribution in [0.25, 0.3) is 0 Å². The normalized spacial score (nSPS) is 10.9. The lowest BCUT2D eigenvalue weighted by molar-refractivity contribution is 0.466. The van der Waals surface area contributed by atoms with Crippen LogP contribution in [0.3, 0.4) is 0 Å². The van der Waals surface area contributed by atoms with Gasteiger partial charge in [0.1, 0.15) is 11.5 Å². The Bertz CT molecular complexity index is 594. The van der Waals surface area contributed by atoms with E-state index in [1.807, 2.05) is 12.1 Å². The fourth-order valence-electron chi connectivity index (χ4n) is 2.05. The second kappa shape index (κ2) is 7.23. The van der Waals surface area contributed by atoms with E-state index < -0.39 is 0 Å². The van der Waals surface area contributed by atoms with E-state index in [2.05, 4.69) is 50.1 Å². The lowest BCUT2D eigenvalue weighted by atomic mass is 10.1. The molecule has 0 saturated carbocycles. The van der Waals surface area contributed by atoms with Crippen LogP contribution in [0.15, 0.2) is 36.7 Å². The average molecular weight is 284 g/mol. The van der Waals surface area contributed by atoms with Crippen LogP contribution >= 0.6 is 0 Å². The largest absolute Gasteiger partial charge is 0.455 e. The van der Waals surface area contributed by atoms with Crippen molar-refractivity contribution in [2.45, 2.75) is 34.2 Å². The molecule has 0 aliphatic heterocycles. The number of nitrogens with zero attached hydrogens (tertiary/aromatic N) is 1. The van der Waals surface area contributed by atoms with Gasteiger partial charge < -0.3 is 10.1 Å². The van der Waals surface area contributed by atoms with Gasteiger partial charge >= 0.3 is 0 Å². The quantitative estimate of drug-likeness (QED) is 0.861. The molecule has 1 heterocycles. The molecule has 1 N–H and O–H groups in total. The van der Waals surface area contributed by atoms with E-state index in [-0.39, 0.29) is 0 Å². The van der Waals surface area contributed by atoms with Gasteiger partial charge in [-0.1, -0.05) is 19.9 Å². The Labute approximate surface area is 127 Å². The predicted octanol–water partition coefficient (Wildman–Crippen LogP) is 4.24. The van der Waals surface area contributed by atoms with Crippen LogP contribution in [0.2, 0.25) is 0 Å². The zero-order valence-corrected chi connectivity index (χ0v) is 13.3. The number of ether oxygens (including phenoxy) is 1. The Hall–Kier alpha value is -1.87. The van der Waals surface area contributed by atoms with Crippen LogP contribution in [0, 0.1) is 19.8 Å². The number of rotatable bonds is 6. The summed E-state index contributed by atoms with van der Waals surface area (Å²) in [5, 5.41) is 3.44. The maximum atomic E-state index is 6.00. The van der Waals surface area contributed by atoms with Crippen LogP contribution in [-0.4, -0.2) is 11.5 Å². The Morgan fingerprint density at radius 3 is 2.67 bits per heavy atom. The van der Waals surface area contributed by atoms with Gasteiger partial charge in [0.25, 0.3) is 0 Å². The first kappa shape index (κ1) is 15.5. The van der Waals surface area contributed by atoms with Gasteiger partial charge in [0.05, 0.1) is 6.20 Å². The van der Waals surface area contributed by atoms with Gasteiger partial charge in [-0.2, -0.15) is 0 Å². The number of hydrogen-bond acceptors (Lipinski definition) is 3. The van der Waals surface area contributed by atoms with Crippen LogP contribution in [0.1, 0.15) is 30.5 Å². The fourth-order valence-corrected chi connectivity index (χ4v) is 2.05. The first-order valence-electron chi connectivity index (χ1n) is 7.45. The molecular weight excluding hydrogens is 260 g/mol. The summed E-state index contributed by atoms with van der Waals surface area (Å²) in [7, 11) is 0. The van der Waals surface area contributed by atoms with Gasteiger partial charge in [-0.25, -0.2) is 0 Å². The molecule has 2 rings (SSSR count). The van der Waals surface area contributed by atoms with Crippen molar-refractivity contribution in [2.75, 3.05) is 6.54 Å². The smallest absolute Gasteiger partial charge is 0.150 e. The van der Waals surface area contributed by atoms with E-state index in [9.17, 15) is 0 Å². The summed E-state index contributed by atoms with van der Waals surface area (Å²) in [6.45, 7) is 10.4. The molecule has 0 unspecified atom stereocenters. The molecule has 0 atom stereocenters.